The van der Waals surface area contributed by atoms with Gasteiger partial charge >= 0.3 is 0 Å². The summed E-state index contributed by atoms with van der Waals surface area (Å²) >= 11 is 0. The maximum Gasteiger partial charge on any atom is 0.201 e. The molecule has 0 amide bonds. The van der Waals surface area contributed by atoms with Crippen LogP contribution in [0, 0.1) is 5.92 Å². The second-order valence-electron chi connectivity index (χ2n) is 3.40. The van der Waals surface area contributed by atoms with Gasteiger partial charge in [-0.25, -0.2) is 0 Å². The van der Waals surface area contributed by atoms with Crippen LogP contribution in [-0.2, 0) is 0 Å². The van der Waals surface area contributed by atoms with Crippen LogP contribution in [0.5, 0.6) is 0 Å². The van der Waals surface area contributed by atoms with Gasteiger partial charge < -0.3 is 0 Å². The molecule has 0 spiro atoms. The molecule has 62 valence electrons. The van der Waals surface area contributed by atoms with Gasteiger partial charge in [-0.15, -0.1) is 4.70 Å². The van der Waals surface area contributed by atoms with Gasteiger partial charge in [0.15, 0.2) is 7.05 Å². The van der Waals surface area contributed by atoms with Gasteiger partial charge in [0.25, 0.3) is 0 Å². The van der Waals surface area contributed by atoms with Crippen molar-refractivity contribution in [2.75, 3.05) is 7.05 Å². The Balaban J connectivity index is 2.73. The van der Waals surface area contributed by atoms with Gasteiger partial charge in [0.2, 0.25) is 6.04 Å². The SMILES string of the molecule is CCC1C(C(C)C)=CN=[N+]1C. The zero-order valence-corrected chi connectivity index (χ0v) is 7.83. The molecule has 1 aliphatic heterocycles. The standard InChI is InChI=1S/C9H17N2/c1-5-9-8(7(2)3)6-10-11(9)4/h6-7,9H,5H2,1-4H3/q+1. The normalized spacial score (nSPS) is 23.9. The van der Waals surface area contributed by atoms with Gasteiger partial charge in [-0.05, 0) is 11.0 Å². The fourth-order valence-corrected chi connectivity index (χ4v) is 1.57. The summed E-state index contributed by atoms with van der Waals surface area (Å²) in [6.45, 7) is 6.66. The van der Waals surface area contributed by atoms with E-state index in [0.717, 1.165) is 6.42 Å². The van der Waals surface area contributed by atoms with E-state index in [1.165, 1.54) is 5.57 Å². The van der Waals surface area contributed by atoms with Crippen LogP contribution in [0.3, 0.4) is 0 Å². The summed E-state index contributed by atoms with van der Waals surface area (Å²) < 4.78 is 2.05. The van der Waals surface area contributed by atoms with E-state index in [4.69, 9.17) is 0 Å². The van der Waals surface area contributed by atoms with Crippen molar-refractivity contribution in [3.05, 3.63) is 11.8 Å². The predicted molar refractivity (Wildman–Crippen MR) is 45.6 cm³/mol. The van der Waals surface area contributed by atoms with E-state index in [2.05, 4.69) is 30.6 Å². The van der Waals surface area contributed by atoms with Crippen LogP contribution in [0.2, 0.25) is 0 Å². The van der Waals surface area contributed by atoms with Gasteiger partial charge in [0.1, 0.15) is 0 Å². The first-order chi connectivity index (χ1) is 5.16. The van der Waals surface area contributed by atoms with Crippen molar-refractivity contribution in [2.45, 2.75) is 33.2 Å². The highest BCUT2D eigenvalue weighted by molar-refractivity contribution is 5.10. The molecule has 1 atom stereocenters. The highest BCUT2D eigenvalue weighted by Gasteiger charge is 2.28. The van der Waals surface area contributed by atoms with E-state index in [0.29, 0.717) is 12.0 Å². The lowest BCUT2D eigenvalue weighted by Crippen LogP contribution is -2.21. The number of rotatable bonds is 2. The molecule has 2 heteroatoms. The highest BCUT2D eigenvalue weighted by Crippen LogP contribution is 2.23. The van der Waals surface area contributed by atoms with E-state index in [-0.39, 0.29) is 0 Å². The van der Waals surface area contributed by atoms with Crippen LogP contribution in [0.1, 0.15) is 27.2 Å². The lowest BCUT2D eigenvalue weighted by molar-refractivity contribution is -0.585. The predicted octanol–water partition coefficient (Wildman–Crippen LogP) is 2.41. The molecule has 2 nitrogen and oxygen atoms in total. The maximum absolute atomic E-state index is 4.26. The summed E-state index contributed by atoms with van der Waals surface area (Å²) in [7, 11) is 2.04. The topological polar surface area (TPSA) is 15.4 Å². The number of hydrogen-bond acceptors (Lipinski definition) is 1. The fourth-order valence-electron chi connectivity index (χ4n) is 1.57. The van der Waals surface area contributed by atoms with Crippen LogP contribution in [0.15, 0.2) is 16.9 Å². The van der Waals surface area contributed by atoms with Gasteiger partial charge in [0.05, 0.1) is 6.20 Å². The minimum Gasteiger partial charge on any atom is -0.119 e. The number of hydrogen-bond donors (Lipinski definition) is 0. The Labute approximate surface area is 68.6 Å². The maximum atomic E-state index is 4.26. The summed E-state index contributed by atoms with van der Waals surface area (Å²) in [5.74, 6) is 0.633. The van der Waals surface area contributed by atoms with Gasteiger partial charge in [0, 0.05) is 12.0 Å². The Bertz CT molecular complexity index is 202. The van der Waals surface area contributed by atoms with Gasteiger partial charge in [-0.3, -0.25) is 0 Å². The average molecular weight is 153 g/mol. The molecular formula is C9H17N2+. The Morgan fingerprint density at radius 1 is 1.64 bits per heavy atom. The van der Waals surface area contributed by atoms with E-state index in [1.54, 1.807) is 0 Å². The smallest absolute Gasteiger partial charge is 0.119 e. The van der Waals surface area contributed by atoms with E-state index in [9.17, 15) is 0 Å². The molecular weight excluding hydrogens is 136 g/mol. The molecule has 1 heterocycles. The van der Waals surface area contributed by atoms with Crippen LogP contribution in [0.4, 0.5) is 0 Å². The van der Waals surface area contributed by atoms with Crippen LogP contribution >= 0.6 is 0 Å². The van der Waals surface area contributed by atoms with E-state index < -0.39 is 0 Å². The minimum absolute atomic E-state index is 0.551. The van der Waals surface area contributed by atoms with E-state index in [1.807, 2.05) is 13.2 Å². The number of nitrogens with zero attached hydrogens (tertiary/aromatic N) is 2. The third-order valence-corrected chi connectivity index (χ3v) is 2.28. The molecule has 0 saturated carbocycles. The molecule has 0 aromatic rings. The van der Waals surface area contributed by atoms with Crippen molar-refractivity contribution in [3.63, 3.8) is 0 Å². The third kappa shape index (κ3) is 1.50. The second kappa shape index (κ2) is 3.16. The first-order valence-electron chi connectivity index (χ1n) is 4.30. The summed E-state index contributed by atoms with van der Waals surface area (Å²) in [6, 6.07) is 0.551. The molecule has 0 fully saturated rings. The van der Waals surface area contributed by atoms with Crippen LogP contribution in [-0.4, -0.2) is 17.8 Å². The zero-order valence-electron chi connectivity index (χ0n) is 7.83. The molecule has 1 aliphatic rings. The molecule has 0 saturated heterocycles. The Morgan fingerprint density at radius 3 is 2.64 bits per heavy atom. The lowest BCUT2D eigenvalue weighted by atomic mass is 9.96. The molecule has 0 N–H and O–H groups in total. The molecule has 0 aliphatic carbocycles. The average Bonchev–Trinajstić information content (AvgIpc) is 2.30. The largest absolute Gasteiger partial charge is 0.201 e. The van der Waals surface area contributed by atoms with Gasteiger partial charge in [-0.2, -0.15) is 0 Å². The van der Waals surface area contributed by atoms with Crippen molar-refractivity contribution in [3.8, 4) is 0 Å². The monoisotopic (exact) mass is 153 g/mol. The molecule has 0 aromatic carbocycles. The summed E-state index contributed by atoms with van der Waals surface area (Å²) in [5, 5.41) is 4.26. The fraction of sp³-hybridized carbons (Fsp3) is 0.778. The lowest BCUT2D eigenvalue weighted by Gasteiger charge is -2.10. The first-order valence-corrected chi connectivity index (χ1v) is 4.30. The molecule has 0 bridgehead atoms. The molecule has 0 radical (unpaired) electrons. The van der Waals surface area contributed by atoms with Crippen molar-refractivity contribution >= 4 is 0 Å². The summed E-state index contributed by atoms with van der Waals surface area (Å²) in [5.41, 5.74) is 1.47. The van der Waals surface area contributed by atoms with Crippen molar-refractivity contribution in [2.24, 2.45) is 11.0 Å². The summed E-state index contributed by atoms with van der Waals surface area (Å²) in [4.78, 5) is 0. The quantitative estimate of drug-likeness (QED) is 0.541. The zero-order chi connectivity index (χ0) is 8.43. The van der Waals surface area contributed by atoms with Crippen LogP contribution < -0.4 is 0 Å². The van der Waals surface area contributed by atoms with Crippen LogP contribution in [0.25, 0.3) is 0 Å². The third-order valence-electron chi connectivity index (χ3n) is 2.28. The number of likely N-dealkylation sites (N-methyl/N-ethyl adjacent to an activating group) is 1. The molecule has 1 unspecified atom stereocenters. The Hall–Kier alpha value is -0.660. The Kier molecular flexibility index (Phi) is 2.42. The van der Waals surface area contributed by atoms with Gasteiger partial charge in [-0.1, -0.05) is 20.8 Å². The van der Waals surface area contributed by atoms with Crippen molar-refractivity contribution in [1.82, 2.24) is 0 Å². The minimum atomic E-state index is 0.551. The molecule has 11 heavy (non-hydrogen) atoms. The molecule has 0 aromatic heterocycles. The van der Waals surface area contributed by atoms with Crippen molar-refractivity contribution < 1.29 is 4.70 Å². The first kappa shape index (κ1) is 8.44. The van der Waals surface area contributed by atoms with E-state index >= 15 is 0 Å². The van der Waals surface area contributed by atoms with Crippen molar-refractivity contribution in [1.29, 1.82) is 0 Å². The highest BCUT2D eigenvalue weighted by atomic mass is 15.3. The second-order valence-corrected chi connectivity index (χ2v) is 3.40. The molecule has 1 rings (SSSR count). The number of azo groups is 2. The Morgan fingerprint density at radius 2 is 2.27 bits per heavy atom. The summed E-state index contributed by atoms with van der Waals surface area (Å²) in [6.07, 6.45) is 3.17.